The fourth-order valence-corrected chi connectivity index (χ4v) is 2.69. The van der Waals surface area contributed by atoms with Gasteiger partial charge in [0.1, 0.15) is 11.6 Å². The first-order valence-electron chi connectivity index (χ1n) is 7.41. The van der Waals surface area contributed by atoms with Crippen LogP contribution in [0.1, 0.15) is 34.9 Å². The average Bonchev–Trinajstić information content (AvgIpc) is 3.33. The molecule has 1 saturated carbocycles. The topological polar surface area (TPSA) is 59.8 Å². The van der Waals surface area contributed by atoms with Gasteiger partial charge >= 0.3 is 0 Å². The van der Waals surface area contributed by atoms with E-state index in [0.717, 1.165) is 16.9 Å². The van der Waals surface area contributed by atoms with E-state index < -0.39 is 0 Å². The lowest BCUT2D eigenvalue weighted by atomic mass is 10.2. The van der Waals surface area contributed by atoms with Crippen LogP contribution in [0.3, 0.4) is 0 Å². The van der Waals surface area contributed by atoms with Crippen molar-refractivity contribution in [2.75, 3.05) is 5.32 Å². The van der Waals surface area contributed by atoms with E-state index in [-0.39, 0.29) is 5.91 Å². The number of carbonyl (C=O) groups excluding carboxylic acids is 1. The lowest BCUT2D eigenvalue weighted by Gasteiger charge is -2.04. The second kappa shape index (κ2) is 4.94. The van der Waals surface area contributed by atoms with Gasteiger partial charge in [0.05, 0.1) is 11.0 Å². The minimum absolute atomic E-state index is 0.167. The number of aryl methyl sites for hydroxylation is 1. The van der Waals surface area contributed by atoms with Crippen LogP contribution in [0.2, 0.25) is 0 Å². The summed E-state index contributed by atoms with van der Waals surface area (Å²) >= 11 is 0. The lowest BCUT2D eigenvalue weighted by molar-refractivity contribution is 0.102. The van der Waals surface area contributed by atoms with Gasteiger partial charge in [0.15, 0.2) is 0 Å². The molecule has 110 valence electrons. The summed E-state index contributed by atoms with van der Waals surface area (Å²) in [6.07, 6.45) is 4.08. The van der Waals surface area contributed by atoms with Crippen LogP contribution in [0.15, 0.2) is 42.6 Å². The number of anilines is 1. The number of rotatable bonds is 3. The highest BCUT2D eigenvalue weighted by Gasteiger charge is 2.28. The molecule has 0 radical (unpaired) electrons. The Bertz CT molecular complexity index is 850. The number of nitrogens with zero attached hydrogens (tertiary/aromatic N) is 3. The average molecular weight is 292 g/mol. The Hall–Kier alpha value is -2.69. The molecule has 3 aromatic rings. The van der Waals surface area contributed by atoms with E-state index >= 15 is 0 Å². The van der Waals surface area contributed by atoms with E-state index in [2.05, 4.69) is 14.9 Å². The fourth-order valence-electron chi connectivity index (χ4n) is 2.69. The van der Waals surface area contributed by atoms with Gasteiger partial charge in [0.25, 0.3) is 5.91 Å². The molecule has 0 atom stereocenters. The third-order valence-electron chi connectivity index (χ3n) is 4.03. The molecule has 4 rings (SSSR count). The predicted octanol–water partition coefficient (Wildman–Crippen LogP) is 3.10. The Labute approximate surface area is 128 Å². The molecule has 0 bridgehead atoms. The number of pyridine rings is 1. The van der Waals surface area contributed by atoms with Crippen molar-refractivity contribution in [2.24, 2.45) is 7.05 Å². The molecule has 1 fully saturated rings. The van der Waals surface area contributed by atoms with Crippen LogP contribution in [0.25, 0.3) is 11.0 Å². The first kappa shape index (κ1) is 13.0. The van der Waals surface area contributed by atoms with E-state index in [4.69, 9.17) is 4.98 Å². The van der Waals surface area contributed by atoms with Crippen molar-refractivity contribution in [3.8, 4) is 0 Å². The van der Waals surface area contributed by atoms with E-state index in [1.807, 2.05) is 37.4 Å². The zero-order valence-corrected chi connectivity index (χ0v) is 12.3. The largest absolute Gasteiger partial charge is 0.331 e. The predicted molar refractivity (Wildman–Crippen MR) is 84.9 cm³/mol. The normalized spacial score (nSPS) is 14.2. The highest BCUT2D eigenvalue weighted by molar-refractivity contribution is 6.05. The molecule has 2 heterocycles. The molecule has 0 saturated heterocycles. The summed E-state index contributed by atoms with van der Waals surface area (Å²) in [4.78, 5) is 21.1. The Morgan fingerprint density at radius 2 is 2.14 bits per heavy atom. The van der Waals surface area contributed by atoms with Crippen LogP contribution >= 0.6 is 0 Å². The van der Waals surface area contributed by atoms with Gasteiger partial charge < -0.3 is 9.88 Å². The molecule has 1 aliphatic carbocycles. The van der Waals surface area contributed by atoms with Gasteiger partial charge in [-0.15, -0.1) is 0 Å². The van der Waals surface area contributed by atoms with Crippen molar-refractivity contribution < 1.29 is 4.79 Å². The molecule has 1 aromatic carbocycles. The quantitative estimate of drug-likeness (QED) is 0.807. The summed E-state index contributed by atoms with van der Waals surface area (Å²) in [6, 6.07) is 11.1. The van der Waals surface area contributed by atoms with Crippen molar-refractivity contribution in [3.05, 3.63) is 54.0 Å². The molecule has 1 aliphatic rings. The van der Waals surface area contributed by atoms with E-state index in [9.17, 15) is 4.79 Å². The van der Waals surface area contributed by atoms with Crippen LogP contribution < -0.4 is 5.32 Å². The Balaban J connectivity index is 1.66. The van der Waals surface area contributed by atoms with Crippen LogP contribution in [0.5, 0.6) is 0 Å². The SMILES string of the molecule is Cn1c(C2CC2)nc2cc(C(=O)Nc3ccccn3)ccc21. The van der Waals surface area contributed by atoms with Crippen LogP contribution in [-0.2, 0) is 7.05 Å². The number of benzene rings is 1. The van der Waals surface area contributed by atoms with Gasteiger partial charge in [0.2, 0.25) is 0 Å². The third kappa shape index (κ3) is 2.24. The summed E-state index contributed by atoms with van der Waals surface area (Å²) in [7, 11) is 2.04. The van der Waals surface area contributed by atoms with Gasteiger partial charge in [-0.2, -0.15) is 0 Å². The molecule has 5 nitrogen and oxygen atoms in total. The highest BCUT2D eigenvalue weighted by atomic mass is 16.1. The smallest absolute Gasteiger partial charge is 0.256 e. The van der Waals surface area contributed by atoms with Crippen molar-refractivity contribution in [1.29, 1.82) is 0 Å². The number of hydrogen-bond acceptors (Lipinski definition) is 3. The second-order valence-electron chi connectivity index (χ2n) is 5.68. The second-order valence-corrected chi connectivity index (χ2v) is 5.68. The standard InChI is InChI=1S/C17H16N4O/c1-21-14-8-7-12(10-13(14)19-16(21)11-5-6-11)17(22)20-15-4-2-3-9-18-15/h2-4,7-11H,5-6H2,1H3,(H,18,20,22). The molecule has 0 aliphatic heterocycles. The Kier molecular flexibility index (Phi) is 2.92. The van der Waals surface area contributed by atoms with Gasteiger partial charge in [-0.25, -0.2) is 9.97 Å². The first-order valence-corrected chi connectivity index (χ1v) is 7.41. The molecule has 2 aromatic heterocycles. The van der Waals surface area contributed by atoms with E-state index in [1.165, 1.54) is 12.8 Å². The summed E-state index contributed by atoms with van der Waals surface area (Å²) in [6.45, 7) is 0. The molecule has 1 amide bonds. The van der Waals surface area contributed by atoms with Gasteiger partial charge in [-0.3, -0.25) is 4.79 Å². The Morgan fingerprint density at radius 1 is 1.27 bits per heavy atom. The zero-order valence-electron chi connectivity index (χ0n) is 12.3. The minimum Gasteiger partial charge on any atom is -0.331 e. The maximum Gasteiger partial charge on any atom is 0.256 e. The van der Waals surface area contributed by atoms with E-state index in [0.29, 0.717) is 17.3 Å². The zero-order chi connectivity index (χ0) is 15.1. The molecular weight excluding hydrogens is 276 g/mol. The summed E-state index contributed by atoms with van der Waals surface area (Å²) in [5, 5.41) is 2.79. The number of carbonyl (C=O) groups is 1. The summed E-state index contributed by atoms with van der Waals surface area (Å²) in [5.74, 6) is 2.09. The number of fused-ring (bicyclic) bond motifs is 1. The van der Waals surface area contributed by atoms with Gasteiger partial charge in [-0.05, 0) is 43.2 Å². The molecule has 0 spiro atoms. The number of nitrogens with one attached hydrogen (secondary N) is 1. The number of amides is 1. The van der Waals surface area contributed by atoms with Crippen molar-refractivity contribution in [1.82, 2.24) is 14.5 Å². The van der Waals surface area contributed by atoms with Gasteiger partial charge in [0, 0.05) is 24.7 Å². The van der Waals surface area contributed by atoms with E-state index in [1.54, 1.807) is 12.3 Å². The maximum absolute atomic E-state index is 12.3. The molecule has 5 heteroatoms. The van der Waals surface area contributed by atoms with Crippen molar-refractivity contribution >= 4 is 22.8 Å². The number of aromatic nitrogens is 3. The monoisotopic (exact) mass is 292 g/mol. The van der Waals surface area contributed by atoms with Crippen molar-refractivity contribution in [2.45, 2.75) is 18.8 Å². The Morgan fingerprint density at radius 3 is 2.86 bits per heavy atom. The maximum atomic E-state index is 12.3. The summed E-state index contributed by atoms with van der Waals surface area (Å²) < 4.78 is 2.13. The molecular formula is C17H16N4O. The molecule has 0 unspecified atom stereocenters. The molecule has 1 N–H and O–H groups in total. The minimum atomic E-state index is -0.167. The van der Waals surface area contributed by atoms with Crippen LogP contribution in [0.4, 0.5) is 5.82 Å². The third-order valence-corrected chi connectivity index (χ3v) is 4.03. The van der Waals surface area contributed by atoms with Gasteiger partial charge in [-0.1, -0.05) is 6.07 Å². The van der Waals surface area contributed by atoms with Crippen LogP contribution in [-0.4, -0.2) is 20.4 Å². The number of imidazole rings is 1. The molecule has 22 heavy (non-hydrogen) atoms. The summed E-state index contributed by atoms with van der Waals surface area (Å²) in [5.41, 5.74) is 2.54. The lowest BCUT2D eigenvalue weighted by Crippen LogP contribution is -2.12. The number of hydrogen-bond donors (Lipinski definition) is 1. The highest BCUT2D eigenvalue weighted by Crippen LogP contribution is 2.40. The van der Waals surface area contributed by atoms with Crippen molar-refractivity contribution in [3.63, 3.8) is 0 Å². The van der Waals surface area contributed by atoms with Crippen LogP contribution in [0, 0.1) is 0 Å². The fraction of sp³-hybridized carbons (Fsp3) is 0.235. The first-order chi connectivity index (χ1) is 10.7.